The van der Waals surface area contributed by atoms with E-state index in [1.165, 1.54) is 49.4 Å². The van der Waals surface area contributed by atoms with Crippen molar-refractivity contribution in [3.8, 4) is 0 Å². The van der Waals surface area contributed by atoms with E-state index < -0.39 is 28.7 Å². The number of halogens is 3. The van der Waals surface area contributed by atoms with E-state index in [1.807, 2.05) is 0 Å². The Morgan fingerprint density at radius 2 is 1.70 bits per heavy atom. The molecule has 0 unspecified atom stereocenters. The molecule has 0 radical (unpaired) electrons. The zero-order valence-electron chi connectivity index (χ0n) is 14.0. The van der Waals surface area contributed by atoms with E-state index in [0.29, 0.717) is 0 Å². The second kappa shape index (κ2) is 7.78. The molecule has 0 aliphatic heterocycles. The van der Waals surface area contributed by atoms with Gasteiger partial charge >= 0.3 is 6.18 Å². The molecule has 2 aromatic rings. The Hall–Kier alpha value is -2.88. The third-order valence-electron chi connectivity index (χ3n) is 3.42. The zero-order valence-corrected chi connectivity index (χ0v) is 14.8. The predicted molar refractivity (Wildman–Crippen MR) is 92.1 cm³/mol. The lowest BCUT2D eigenvalue weighted by atomic mass is 10.1. The van der Waals surface area contributed by atoms with Crippen LogP contribution in [0.1, 0.15) is 27.6 Å². The van der Waals surface area contributed by atoms with Crippen LogP contribution in [0.2, 0.25) is 0 Å². The quantitative estimate of drug-likeness (QED) is 0.730. The molecule has 6 nitrogen and oxygen atoms in total. The Labute approximate surface area is 153 Å². The van der Waals surface area contributed by atoms with Crippen LogP contribution in [0.5, 0.6) is 0 Å². The van der Waals surface area contributed by atoms with Crippen LogP contribution < -0.4 is 10.0 Å². The standard InChI is InChI=1S/C17H15F3N2O4S/c1-11(23)12-5-4-6-13(9-12)27(25,26)22-15-8-3-2-7-14(15)16(24)21-10-17(18,19)20/h2-9,22H,10H2,1H3,(H,21,24). The third-order valence-corrected chi connectivity index (χ3v) is 4.78. The zero-order chi connectivity index (χ0) is 20.2. The Balaban J connectivity index is 2.31. The molecule has 0 heterocycles. The van der Waals surface area contributed by atoms with Gasteiger partial charge in [-0.3, -0.25) is 14.3 Å². The van der Waals surface area contributed by atoms with Gasteiger partial charge in [0.25, 0.3) is 15.9 Å². The number of nitrogens with one attached hydrogen (secondary N) is 2. The van der Waals surface area contributed by atoms with Crippen LogP contribution in [0, 0.1) is 0 Å². The molecular weight excluding hydrogens is 385 g/mol. The summed E-state index contributed by atoms with van der Waals surface area (Å²) in [6.07, 6.45) is -4.60. The van der Waals surface area contributed by atoms with Crippen LogP contribution in [-0.2, 0) is 10.0 Å². The summed E-state index contributed by atoms with van der Waals surface area (Å²) in [7, 11) is -4.17. The number of anilines is 1. The molecule has 0 fully saturated rings. The van der Waals surface area contributed by atoms with Gasteiger partial charge < -0.3 is 5.32 Å². The molecule has 2 N–H and O–H groups in total. The smallest absolute Gasteiger partial charge is 0.343 e. The van der Waals surface area contributed by atoms with Crippen molar-refractivity contribution >= 4 is 27.4 Å². The number of alkyl halides is 3. The summed E-state index contributed by atoms with van der Waals surface area (Å²) in [6, 6.07) is 10.5. The van der Waals surface area contributed by atoms with Crippen LogP contribution >= 0.6 is 0 Å². The molecule has 144 valence electrons. The first-order chi connectivity index (χ1) is 12.5. The second-order valence-electron chi connectivity index (χ2n) is 5.53. The van der Waals surface area contributed by atoms with E-state index in [0.717, 1.165) is 6.07 Å². The average molecular weight is 400 g/mol. The van der Waals surface area contributed by atoms with E-state index >= 15 is 0 Å². The van der Waals surface area contributed by atoms with Gasteiger partial charge in [0.2, 0.25) is 0 Å². The van der Waals surface area contributed by atoms with Crippen molar-refractivity contribution in [2.24, 2.45) is 0 Å². The monoisotopic (exact) mass is 400 g/mol. The molecule has 0 saturated carbocycles. The van der Waals surface area contributed by atoms with Crippen molar-refractivity contribution in [2.75, 3.05) is 11.3 Å². The van der Waals surface area contributed by atoms with E-state index in [4.69, 9.17) is 0 Å². The van der Waals surface area contributed by atoms with Crippen LogP contribution in [0.15, 0.2) is 53.4 Å². The van der Waals surface area contributed by atoms with Crippen LogP contribution in [0.25, 0.3) is 0 Å². The van der Waals surface area contributed by atoms with Crippen molar-refractivity contribution in [1.29, 1.82) is 0 Å². The highest BCUT2D eigenvalue weighted by molar-refractivity contribution is 7.92. The molecule has 0 aliphatic carbocycles. The van der Waals surface area contributed by atoms with Gasteiger partial charge in [-0.1, -0.05) is 24.3 Å². The van der Waals surface area contributed by atoms with Crippen molar-refractivity contribution in [1.82, 2.24) is 5.32 Å². The minimum atomic E-state index is -4.60. The fraction of sp³-hybridized carbons (Fsp3) is 0.176. The average Bonchev–Trinajstić information content (AvgIpc) is 2.59. The molecular formula is C17H15F3N2O4S. The highest BCUT2D eigenvalue weighted by Crippen LogP contribution is 2.21. The van der Waals surface area contributed by atoms with Gasteiger partial charge in [0.1, 0.15) is 6.54 Å². The second-order valence-corrected chi connectivity index (χ2v) is 7.22. The summed E-state index contributed by atoms with van der Waals surface area (Å²) in [4.78, 5) is 23.2. The minimum Gasteiger partial charge on any atom is -0.343 e. The number of Topliss-reactive ketones (excluding diaryl/α,β-unsaturated/α-hetero) is 1. The molecule has 2 aromatic carbocycles. The van der Waals surface area contributed by atoms with E-state index in [9.17, 15) is 31.2 Å². The molecule has 2 rings (SSSR count). The molecule has 0 saturated heterocycles. The van der Waals surface area contributed by atoms with Gasteiger partial charge in [0.15, 0.2) is 5.78 Å². The fourth-order valence-corrected chi connectivity index (χ4v) is 3.26. The number of rotatable bonds is 6. The first-order valence-corrected chi connectivity index (χ1v) is 9.06. The summed E-state index contributed by atoms with van der Waals surface area (Å²) < 4.78 is 64.1. The van der Waals surface area contributed by atoms with Gasteiger partial charge in [0.05, 0.1) is 16.1 Å². The number of carbonyl (C=O) groups is 2. The lowest BCUT2D eigenvalue weighted by Crippen LogP contribution is -2.34. The maximum absolute atomic E-state index is 12.5. The van der Waals surface area contributed by atoms with Crippen molar-refractivity contribution < 1.29 is 31.2 Å². The number of ketones is 1. The molecule has 0 spiro atoms. The lowest BCUT2D eigenvalue weighted by Gasteiger charge is -2.14. The lowest BCUT2D eigenvalue weighted by molar-refractivity contribution is -0.123. The van der Waals surface area contributed by atoms with Gasteiger partial charge in [-0.05, 0) is 31.2 Å². The predicted octanol–water partition coefficient (Wildman–Crippen LogP) is 2.98. The molecule has 27 heavy (non-hydrogen) atoms. The molecule has 1 amide bonds. The van der Waals surface area contributed by atoms with E-state index in [2.05, 4.69) is 4.72 Å². The molecule has 0 aromatic heterocycles. The Kier molecular flexibility index (Phi) is 5.89. The largest absolute Gasteiger partial charge is 0.405 e. The fourth-order valence-electron chi connectivity index (χ4n) is 2.13. The van der Waals surface area contributed by atoms with Gasteiger partial charge in [-0.2, -0.15) is 13.2 Å². The first kappa shape index (κ1) is 20.4. The molecule has 10 heteroatoms. The maximum Gasteiger partial charge on any atom is 0.405 e. The van der Waals surface area contributed by atoms with Gasteiger partial charge in [-0.25, -0.2) is 8.42 Å². The third kappa shape index (κ3) is 5.55. The summed E-state index contributed by atoms with van der Waals surface area (Å²) in [5.41, 5.74) is -0.285. The van der Waals surface area contributed by atoms with Crippen molar-refractivity contribution in [3.05, 3.63) is 59.7 Å². The molecule has 0 atom stereocenters. The normalized spacial score (nSPS) is 11.7. The number of amides is 1. The van der Waals surface area contributed by atoms with Gasteiger partial charge in [-0.15, -0.1) is 0 Å². The van der Waals surface area contributed by atoms with Crippen molar-refractivity contribution in [3.63, 3.8) is 0 Å². The number of carbonyl (C=O) groups excluding carboxylic acids is 2. The Bertz CT molecular complexity index is 972. The first-order valence-electron chi connectivity index (χ1n) is 7.57. The SMILES string of the molecule is CC(=O)c1cccc(S(=O)(=O)Nc2ccccc2C(=O)NCC(F)(F)F)c1. The van der Waals surface area contributed by atoms with Crippen LogP contribution in [0.4, 0.5) is 18.9 Å². The molecule has 0 aliphatic rings. The van der Waals surface area contributed by atoms with Crippen molar-refractivity contribution in [2.45, 2.75) is 18.0 Å². The Morgan fingerprint density at radius 3 is 2.33 bits per heavy atom. The summed E-state index contributed by atoms with van der Waals surface area (Å²) in [6.45, 7) is -0.271. The van der Waals surface area contributed by atoms with Crippen LogP contribution in [0.3, 0.4) is 0 Å². The maximum atomic E-state index is 12.5. The van der Waals surface area contributed by atoms with E-state index in [-0.39, 0.29) is 27.5 Å². The molecule has 0 bridgehead atoms. The summed E-state index contributed by atoms with van der Waals surface area (Å²) >= 11 is 0. The van der Waals surface area contributed by atoms with E-state index in [1.54, 1.807) is 5.32 Å². The Morgan fingerprint density at radius 1 is 1.04 bits per heavy atom. The van der Waals surface area contributed by atoms with Gasteiger partial charge in [0, 0.05) is 5.56 Å². The van der Waals surface area contributed by atoms with Crippen LogP contribution in [-0.4, -0.2) is 32.8 Å². The number of sulfonamides is 1. The number of para-hydroxylation sites is 1. The summed E-state index contributed by atoms with van der Waals surface area (Å²) in [5, 5.41) is 1.69. The highest BCUT2D eigenvalue weighted by Gasteiger charge is 2.28. The summed E-state index contributed by atoms with van der Waals surface area (Å²) in [5.74, 6) is -1.41. The number of hydrogen-bond acceptors (Lipinski definition) is 4. The number of benzene rings is 2. The highest BCUT2D eigenvalue weighted by atomic mass is 32.2. The topological polar surface area (TPSA) is 92.3 Å². The minimum absolute atomic E-state index is 0.175. The number of hydrogen-bond donors (Lipinski definition) is 2.